The standard InChI is InChI=1S/C30H36N2O2/c1-2-3-20-32-28-19-13-5-4-10-18-25(28)22-26(30(32)34)29(33)31-27(24-16-11-7-12-17-24)21-23-14-8-6-9-15-23/h6-9,11-12,14-17,22,27H,2-5,10,13,18-21H2,1H3,(H,31,33). The van der Waals surface area contributed by atoms with Crippen molar-refractivity contribution in [1.29, 1.82) is 0 Å². The smallest absolute Gasteiger partial charge is 0.263 e. The third kappa shape index (κ3) is 5.85. The Labute approximate surface area is 203 Å². The van der Waals surface area contributed by atoms with E-state index in [0.29, 0.717) is 13.0 Å². The van der Waals surface area contributed by atoms with Crippen molar-refractivity contribution in [2.45, 2.75) is 77.3 Å². The molecule has 1 heterocycles. The molecular weight excluding hydrogens is 420 g/mol. The lowest BCUT2D eigenvalue weighted by atomic mass is 9.94. The van der Waals surface area contributed by atoms with Crippen LogP contribution in [0.25, 0.3) is 0 Å². The Morgan fingerprint density at radius 2 is 1.62 bits per heavy atom. The van der Waals surface area contributed by atoms with Gasteiger partial charge in [0, 0.05) is 12.2 Å². The third-order valence-electron chi connectivity index (χ3n) is 6.87. The summed E-state index contributed by atoms with van der Waals surface area (Å²) in [4.78, 5) is 27.1. The van der Waals surface area contributed by atoms with Crippen LogP contribution in [0.4, 0.5) is 0 Å². The summed E-state index contributed by atoms with van der Waals surface area (Å²) < 4.78 is 1.91. The first-order valence-corrected chi connectivity index (χ1v) is 12.8. The molecule has 0 saturated carbocycles. The maximum atomic E-state index is 13.6. The van der Waals surface area contributed by atoms with Crippen LogP contribution in [0.2, 0.25) is 0 Å². The van der Waals surface area contributed by atoms with E-state index in [1.54, 1.807) is 0 Å². The lowest BCUT2D eigenvalue weighted by molar-refractivity contribution is 0.0934. The van der Waals surface area contributed by atoms with E-state index < -0.39 is 0 Å². The Hall–Kier alpha value is -3.14. The molecule has 0 bridgehead atoms. The second-order valence-corrected chi connectivity index (χ2v) is 9.38. The van der Waals surface area contributed by atoms with Crippen molar-refractivity contribution in [2.75, 3.05) is 0 Å². The van der Waals surface area contributed by atoms with Crippen molar-refractivity contribution in [3.05, 3.63) is 105 Å². The van der Waals surface area contributed by atoms with Crippen molar-refractivity contribution >= 4 is 5.91 Å². The quantitative estimate of drug-likeness (QED) is 0.450. The molecule has 0 aliphatic heterocycles. The van der Waals surface area contributed by atoms with Gasteiger partial charge in [0.2, 0.25) is 0 Å². The van der Waals surface area contributed by atoms with Crippen LogP contribution in [0.1, 0.15) is 84.2 Å². The molecule has 178 valence electrons. The van der Waals surface area contributed by atoms with E-state index >= 15 is 0 Å². The van der Waals surface area contributed by atoms with Crippen LogP contribution in [-0.4, -0.2) is 10.5 Å². The van der Waals surface area contributed by atoms with Gasteiger partial charge in [-0.1, -0.05) is 86.8 Å². The van der Waals surface area contributed by atoms with Gasteiger partial charge in [-0.25, -0.2) is 0 Å². The summed E-state index contributed by atoms with van der Waals surface area (Å²) in [5.41, 5.74) is 4.66. The average Bonchev–Trinajstić information content (AvgIpc) is 2.85. The molecule has 1 unspecified atom stereocenters. The molecule has 0 fully saturated rings. The van der Waals surface area contributed by atoms with Gasteiger partial charge < -0.3 is 9.88 Å². The highest BCUT2D eigenvalue weighted by Crippen LogP contribution is 2.22. The van der Waals surface area contributed by atoms with Gasteiger partial charge in [0.25, 0.3) is 11.5 Å². The zero-order valence-electron chi connectivity index (χ0n) is 20.3. The van der Waals surface area contributed by atoms with Crippen LogP contribution < -0.4 is 10.9 Å². The third-order valence-corrected chi connectivity index (χ3v) is 6.87. The molecule has 4 heteroatoms. The summed E-state index contributed by atoms with van der Waals surface area (Å²) >= 11 is 0. The van der Waals surface area contributed by atoms with Crippen LogP contribution >= 0.6 is 0 Å². The number of aryl methyl sites for hydroxylation is 1. The Morgan fingerprint density at radius 3 is 2.32 bits per heavy atom. The van der Waals surface area contributed by atoms with Gasteiger partial charge in [0.1, 0.15) is 5.56 Å². The largest absolute Gasteiger partial charge is 0.345 e. The van der Waals surface area contributed by atoms with E-state index in [1.165, 1.54) is 18.4 Å². The number of pyridine rings is 1. The molecule has 1 aromatic heterocycles. The van der Waals surface area contributed by atoms with E-state index in [1.807, 2.05) is 59.2 Å². The highest BCUT2D eigenvalue weighted by Gasteiger charge is 2.23. The number of nitrogens with one attached hydrogen (secondary N) is 1. The molecule has 2 aromatic carbocycles. The number of rotatable bonds is 8. The van der Waals surface area contributed by atoms with Crippen LogP contribution in [0.5, 0.6) is 0 Å². The van der Waals surface area contributed by atoms with E-state index in [0.717, 1.165) is 55.3 Å². The minimum absolute atomic E-state index is 0.142. The first kappa shape index (κ1) is 24.0. The fourth-order valence-electron chi connectivity index (χ4n) is 4.97. The fourth-order valence-corrected chi connectivity index (χ4v) is 4.97. The molecule has 1 aliphatic carbocycles. The number of nitrogens with zero attached hydrogens (tertiary/aromatic N) is 1. The molecule has 0 radical (unpaired) electrons. The van der Waals surface area contributed by atoms with Gasteiger partial charge in [-0.3, -0.25) is 9.59 Å². The molecule has 1 atom stereocenters. The first-order chi connectivity index (χ1) is 16.7. The lowest BCUT2D eigenvalue weighted by Crippen LogP contribution is -2.37. The lowest BCUT2D eigenvalue weighted by Gasteiger charge is -2.23. The number of hydrogen-bond acceptors (Lipinski definition) is 2. The number of amides is 1. The van der Waals surface area contributed by atoms with Gasteiger partial charge >= 0.3 is 0 Å². The van der Waals surface area contributed by atoms with Crippen LogP contribution in [0.3, 0.4) is 0 Å². The highest BCUT2D eigenvalue weighted by molar-refractivity contribution is 5.94. The Balaban J connectivity index is 1.68. The summed E-state index contributed by atoms with van der Waals surface area (Å²) in [6.45, 7) is 2.82. The topological polar surface area (TPSA) is 51.1 Å². The van der Waals surface area contributed by atoms with Gasteiger partial charge in [0.05, 0.1) is 6.04 Å². The predicted octanol–water partition coefficient (Wildman–Crippen LogP) is 6.02. The number of carbonyl (C=O) groups is 1. The summed E-state index contributed by atoms with van der Waals surface area (Å²) in [7, 11) is 0. The number of aromatic nitrogens is 1. The fraction of sp³-hybridized carbons (Fsp3) is 0.400. The molecule has 1 aliphatic rings. The molecule has 1 N–H and O–H groups in total. The average molecular weight is 457 g/mol. The van der Waals surface area contributed by atoms with E-state index in [2.05, 4.69) is 24.4 Å². The van der Waals surface area contributed by atoms with E-state index in [4.69, 9.17) is 0 Å². The molecule has 0 saturated heterocycles. The van der Waals surface area contributed by atoms with Crippen molar-refractivity contribution in [3.63, 3.8) is 0 Å². The second-order valence-electron chi connectivity index (χ2n) is 9.38. The van der Waals surface area contributed by atoms with Gasteiger partial charge in [0.15, 0.2) is 0 Å². The molecule has 4 nitrogen and oxygen atoms in total. The van der Waals surface area contributed by atoms with Gasteiger partial charge in [-0.15, -0.1) is 0 Å². The SMILES string of the molecule is CCCCn1c2c(cc(C(=O)NC(Cc3ccccc3)c3ccccc3)c1=O)CCCCCC2. The molecular formula is C30H36N2O2. The zero-order chi connectivity index (χ0) is 23.8. The highest BCUT2D eigenvalue weighted by atomic mass is 16.2. The predicted molar refractivity (Wildman–Crippen MR) is 138 cm³/mol. The van der Waals surface area contributed by atoms with E-state index in [-0.39, 0.29) is 23.1 Å². The number of hydrogen-bond donors (Lipinski definition) is 1. The zero-order valence-corrected chi connectivity index (χ0v) is 20.3. The summed E-state index contributed by atoms with van der Waals surface area (Å²) in [6, 6.07) is 21.9. The number of benzene rings is 2. The van der Waals surface area contributed by atoms with Crippen LogP contribution in [-0.2, 0) is 25.8 Å². The number of unbranched alkanes of at least 4 members (excludes halogenated alkanes) is 1. The van der Waals surface area contributed by atoms with Crippen LogP contribution in [0, 0.1) is 0 Å². The first-order valence-electron chi connectivity index (χ1n) is 12.8. The second kappa shape index (κ2) is 11.8. The Morgan fingerprint density at radius 1 is 0.941 bits per heavy atom. The normalized spacial score (nSPS) is 14.5. The minimum Gasteiger partial charge on any atom is -0.345 e. The molecule has 3 aromatic rings. The Kier molecular flexibility index (Phi) is 8.35. The molecule has 34 heavy (non-hydrogen) atoms. The van der Waals surface area contributed by atoms with Crippen molar-refractivity contribution in [3.8, 4) is 0 Å². The van der Waals surface area contributed by atoms with Gasteiger partial charge in [-0.05, 0) is 61.3 Å². The minimum atomic E-state index is -0.273. The molecule has 4 rings (SSSR count). The van der Waals surface area contributed by atoms with Crippen molar-refractivity contribution in [2.24, 2.45) is 0 Å². The number of carbonyl (C=O) groups excluding carboxylic acids is 1. The van der Waals surface area contributed by atoms with Crippen molar-refractivity contribution < 1.29 is 4.79 Å². The summed E-state index contributed by atoms with van der Waals surface area (Å²) in [5.74, 6) is -0.273. The van der Waals surface area contributed by atoms with Gasteiger partial charge in [-0.2, -0.15) is 0 Å². The number of fused-ring (bicyclic) bond motifs is 1. The molecule has 1 amide bonds. The Bertz CT molecular complexity index is 1140. The monoisotopic (exact) mass is 456 g/mol. The maximum absolute atomic E-state index is 13.6. The van der Waals surface area contributed by atoms with E-state index in [9.17, 15) is 9.59 Å². The van der Waals surface area contributed by atoms with Crippen LogP contribution in [0.15, 0.2) is 71.5 Å². The maximum Gasteiger partial charge on any atom is 0.263 e. The summed E-state index contributed by atoms with van der Waals surface area (Å²) in [6.07, 6.45) is 9.14. The molecule has 0 spiro atoms. The summed E-state index contributed by atoms with van der Waals surface area (Å²) in [5, 5.41) is 3.20. The van der Waals surface area contributed by atoms with Crippen molar-refractivity contribution in [1.82, 2.24) is 9.88 Å².